The summed E-state index contributed by atoms with van der Waals surface area (Å²) in [5, 5.41) is 6.32. The molecule has 0 bridgehead atoms. The van der Waals surface area contributed by atoms with Crippen LogP contribution < -0.4 is 10.6 Å². The normalized spacial score (nSPS) is 20.5. The molecule has 1 aliphatic heterocycles. The molecule has 1 aromatic heterocycles. The molecule has 0 saturated carbocycles. The second-order valence-corrected chi connectivity index (χ2v) is 4.10. The number of anilines is 1. The zero-order valence-electron chi connectivity index (χ0n) is 9.22. The average molecular weight is 245 g/mol. The molecule has 1 saturated heterocycles. The Morgan fingerprint density at radius 1 is 1.41 bits per heavy atom. The van der Waals surface area contributed by atoms with Gasteiger partial charge in [-0.2, -0.15) is 13.2 Å². The van der Waals surface area contributed by atoms with Crippen LogP contribution in [0.4, 0.5) is 19.0 Å². The van der Waals surface area contributed by atoms with Crippen molar-refractivity contribution >= 4 is 5.82 Å². The van der Waals surface area contributed by atoms with Crippen molar-refractivity contribution in [2.24, 2.45) is 0 Å². The predicted octanol–water partition coefficient (Wildman–Crippen LogP) is 2.26. The van der Waals surface area contributed by atoms with E-state index in [1.807, 2.05) is 0 Å². The van der Waals surface area contributed by atoms with Gasteiger partial charge in [-0.05, 0) is 31.5 Å². The number of pyridine rings is 1. The van der Waals surface area contributed by atoms with E-state index in [0.717, 1.165) is 31.6 Å². The molecular formula is C11H14F3N3. The highest BCUT2D eigenvalue weighted by Gasteiger charge is 2.30. The highest BCUT2D eigenvalue weighted by molar-refractivity contribution is 5.36. The van der Waals surface area contributed by atoms with Crippen LogP contribution in [-0.2, 0) is 6.18 Å². The van der Waals surface area contributed by atoms with Crippen molar-refractivity contribution in [2.45, 2.75) is 25.1 Å². The summed E-state index contributed by atoms with van der Waals surface area (Å²) in [5.74, 6) is 0.478. The summed E-state index contributed by atoms with van der Waals surface area (Å²) in [6.07, 6.45) is -1.23. The number of hydrogen-bond acceptors (Lipinski definition) is 3. The molecule has 94 valence electrons. The Morgan fingerprint density at radius 2 is 2.24 bits per heavy atom. The maximum Gasteiger partial charge on any atom is 0.417 e. The van der Waals surface area contributed by atoms with Gasteiger partial charge in [0, 0.05) is 18.8 Å². The van der Waals surface area contributed by atoms with Gasteiger partial charge >= 0.3 is 6.18 Å². The molecule has 0 spiro atoms. The Hall–Kier alpha value is -1.30. The molecule has 0 amide bonds. The summed E-state index contributed by atoms with van der Waals surface area (Å²) in [6, 6.07) is 2.79. The van der Waals surface area contributed by atoms with E-state index in [9.17, 15) is 13.2 Å². The smallest absolute Gasteiger partial charge is 0.369 e. The van der Waals surface area contributed by atoms with Crippen molar-refractivity contribution in [1.29, 1.82) is 0 Å². The number of alkyl halides is 3. The SMILES string of the molecule is FC(F)(F)c1ccc(NCC2CCCN2)nc1. The van der Waals surface area contributed by atoms with Gasteiger partial charge in [-0.25, -0.2) is 4.98 Å². The molecule has 0 radical (unpaired) electrons. The summed E-state index contributed by atoms with van der Waals surface area (Å²) < 4.78 is 36.8. The molecule has 2 rings (SSSR count). The first-order valence-corrected chi connectivity index (χ1v) is 5.56. The van der Waals surface area contributed by atoms with Gasteiger partial charge in [-0.3, -0.25) is 0 Å². The van der Waals surface area contributed by atoms with Crippen molar-refractivity contribution in [3.8, 4) is 0 Å². The van der Waals surface area contributed by atoms with Gasteiger partial charge in [0.15, 0.2) is 0 Å². The number of hydrogen-bond donors (Lipinski definition) is 2. The van der Waals surface area contributed by atoms with Gasteiger partial charge in [0.25, 0.3) is 0 Å². The minimum absolute atomic E-state index is 0.388. The van der Waals surface area contributed by atoms with Crippen molar-refractivity contribution in [3.05, 3.63) is 23.9 Å². The highest BCUT2D eigenvalue weighted by Crippen LogP contribution is 2.28. The van der Waals surface area contributed by atoms with Gasteiger partial charge in [0.05, 0.1) is 5.56 Å². The second kappa shape index (κ2) is 4.91. The lowest BCUT2D eigenvalue weighted by Crippen LogP contribution is -2.29. The van der Waals surface area contributed by atoms with Crippen LogP contribution in [-0.4, -0.2) is 24.1 Å². The van der Waals surface area contributed by atoms with Gasteiger partial charge in [0.1, 0.15) is 5.82 Å². The summed E-state index contributed by atoms with van der Waals surface area (Å²) in [5.41, 5.74) is -0.720. The standard InChI is InChI=1S/C11H14F3N3/c12-11(13,14)8-3-4-10(16-6-8)17-7-9-2-1-5-15-9/h3-4,6,9,15H,1-2,5,7H2,(H,16,17). The quantitative estimate of drug-likeness (QED) is 0.857. The first-order valence-electron chi connectivity index (χ1n) is 5.56. The molecule has 1 unspecified atom stereocenters. The van der Waals surface area contributed by atoms with Crippen LogP contribution in [0, 0.1) is 0 Å². The van der Waals surface area contributed by atoms with Crippen molar-refractivity contribution < 1.29 is 13.2 Å². The molecular weight excluding hydrogens is 231 g/mol. The number of nitrogens with zero attached hydrogens (tertiary/aromatic N) is 1. The number of halogens is 3. The number of rotatable bonds is 3. The minimum atomic E-state index is -4.32. The summed E-state index contributed by atoms with van der Waals surface area (Å²) in [7, 11) is 0. The van der Waals surface area contributed by atoms with E-state index in [2.05, 4.69) is 15.6 Å². The molecule has 1 aromatic rings. The fourth-order valence-electron chi connectivity index (χ4n) is 1.82. The molecule has 1 fully saturated rings. The Balaban J connectivity index is 1.89. The van der Waals surface area contributed by atoms with Crippen LogP contribution in [0.2, 0.25) is 0 Å². The molecule has 17 heavy (non-hydrogen) atoms. The van der Waals surface area contributed by atoms with E-state index in [4.69, 9.17) is 0 Å². The molecule has 2 heterocycles. The largest absolute Gasteiger partial charge is 0.417 e. The summed E-state index contributed by atoms with van der Waals surface area (Å²) in [4.78, 5) is 3.75. The van der Waals surface area contributed by atoms with Crippen LogP contribution in [0.25, 0.3) is 0 Å². The molecule has 2 N–H and O–H groups in total. The Kier molecular flexibility index (Phi) is 3.51. The van der Waals surface area contributed by atoms with Crippen LogP contribution in [0.1, 0.15) is 18.4 Å². The van der Waals surface area contributed by atoms with E-state index in [-0.39, 0.29) is 0 Å². The van der Waals surface area contributed by atoms with Crippen LogP contribution in [0.15, 0.2) is 18.3 Å². The fourth-order valence-corrected chi connectivity index (χ4v) is 1.82. The van der Waals surface area contributed by atoms with Gasteiger partial charge < -0.3 is 10.6 Å². The zero-order chi connectivity index (χ0) is 12.3. The van der Waals surface area contributed by atoms with Crippen LogP contribution in [0.3, 0.4) is 0 Å². The Bertz CT molecular complexity index is 355. The van der Waals surface area contributed by atoms with Crippen LogP contribution >= 0.6 is 0 Å². The summed E-state index contributed by atoms with van der Waals surface area (Å²) in [6.45, 7) is 1.70. The van der Waals surface area contributed by atoms with Gasteiger partial charge in [-0.1, -0.05) is 0 Å². The summed E-state index contributed by atoms with van der Waals surface area (Å²) >= 11 is 0. The van der Waals surface area contributed by atoms with Crippen molar-refractivity contribution in [2.75, 3.05) is 18.4 Å². The first kappa shape index (κ1) is 12.2. The third-order valence-electron chi connectivity index (χ3n) is 2.78. The van der Waals surface area contributed by atoms with E-state index < -0.39 is 11.7 Å². The minimum Gasteiger partial charge on any atom is -0.369 e. The molecule has 0 aromatic carbocycles. The average Bonchev–Trinajstić information content (AvgIpc) is 2.78. The highest BCUT2D eigenvalue weighted by atomic mass is 19.4. The molecule has 3 nitrogen and oxygen atoms in total. The first-order chi connectivity index (χ1) is 8.05. The molecule has 0 aliphatic carbocycles. The lowest BCUT2D eigenvalue weighted by Gasteiger charge is -2.12. The Morgan fingerprint density at radius 3 is 2.76 bits per heavy atom. The van der Waals surface area contributed by atoms with Crippen LogP contribution in [0.5, 0.6) is 0 Å². The number of aromatic nitrogens is 1. The van der Waals surface area contributed by atoms with Crippen molar-refractivity contribution in [1.82, 2.24) is 10.3 Å². The maximum atomic E-state index is 12.3. The topological polar surface area (TPSA) is 37.0 Å². The van der Waals surface area contributed by atoms with Crippen molar-refractivity contribution in [3.63, 3.8) is 0 Å². The third-order valence-corrected chi connectivity index (χ3v) is 2.78. The van der Waals surface area contributed by atoms with E-state index >= 15 is 0 Å². The molecule has 6 heteroatoms. The monoisotopic (exact) mass is 245 g/mol. The lowest BCUT2D eigenvalue weighted by atomic mass is 10.2. The maximum absolute atomic E-state index is 12.3. The predicted molar refractivity (Wildman–Crippen MR) is 58.8 cm³/mol. The van der Waals surface area contributed by atoms with E-state index in [1.54, 1.807) is 0 Å². The molecule has 1 atom stereocenters. The van der Waals surface area contributed by atoms with Gasteiger partial charge in [-0.15, -0.1) is 0 Å². The number of nitrogens with one attached hydrogen (secondary N) is 2. The second-order valence-electron chi connectivity index (χ2n) is 4.10. The third kappa shape index (κ3) is 3.33. The lowest BCUT2D eigenvalue weighted by molar-refractivity contribution is -0.137. The zero-order valence-corrected chi connectivity index (χ0v) is 9.22. The molecule has 1 aliphatic rings. The van der Waals surface area contributed by atoms with E-state index in [1.165, 1.54) is 6.07 Å². The Labute approximate surface area is 97.4 Å². The fraction of sp³-hybridized carbons (Fsp3) is 0.545. The van der Waals surface area contributed by atoms with Gasteiger partial charge in [0.2, 0.25) is 0 Å². The van der Waals surface area contributed by atoms with E-state index in [0.29, 0.717) is 18.4 Å².